The number of anilines is 1. The summed E-state index contributed by atoms with van der Waals surface area (Å²) in [6.07, 6.45) is 0. The summed E-state index contributed by atoms with van der Waals surface area (Å²) < 4.78 is 5.17. The Morgan fingerprint density at radius 3 is 2.84 bits per heavy atom. The van der Waals surface area contributed by atoms with Crippen LogP contribution >= 0.6 is 11.6 Å². The molecule has 1 aromatic carbocycles. The van der Waals surface area contributed by atoms with E-state index in [0.717, 1.165) is 0 Å². The number of rotatable bonds is 4. The van der Waals surface area contributed by atoms with E-state index in [0.29, 0.717) is 18.0 Å². The minimum Gasteiger partial charge on any atom is -0.449 e. The third-order valence-electron chi connectivity index (χ3n) is 2.38. The van der Waals surface area contributed by atoms with Crippen molar-refractivity contribution in [3.63, 3.8) is 0 Å². The lowest BCUT2D eigenvalue weighted by Crippen LogP contribution is -1.99. The highest BCUT2D eigenvalue weighted by Gasteiger charge is 2.12. The van der Waals surface area contributed by atoms with Gasteiger partial charge in [-0.15, -0.1) is 0 Å². The first-order valence-corrected chi connectivity index (χ1v) is 5.64. The Morgan fingerprint density at radius 1 is 1.42 bits per heavy atom. The van der Waals surface area contributed by atoms with E-state index in [-0.39, 0.29) is 16.5 Å². The zero-order valence-electron chi connectivity index (χ0n) is 9.59. The number of nitro groups is 1. The molecule has 0 fully saturated rings. The third-order valence-corrected chi connectivity index (χ3v) is 2.70. The Labute approximate surface area is 113 Å². The van der Waals surface area contributed by atoms with Crippen molar-refractivity contribution in [3.05, 3.63) is 57.0 Å². The molecule has 1 N–H and O–H groups in total. The SMILES string of the molecule is N#Cc1ccc(CNc2ccc(Cl)c([N+](=O)[O-])c2)o1. The van der Waals surface area contributed by atoms with Crippen LogP contribution in [-0.2, 0) is 6.54 Å². The van der Waals surface area contributed by atoms with Crippen LogP contribution in [0.25, 0.3) is 0 Å². The van der Waals surface area contributed by atoms with E-state index in [1.165, 1.54) is 12.1 Å². The Hall–Kier alpha value is -2.52. The fourth-order valence-corrected chi connectivity index (χ4v) is 1.67. The largest absolute Gasteiger partial charge is 0.449 e. The lowest BCUT2D eigenvalue weighted by atomic mass is 10.2. The summed E-state index contributed by atoms with van der Waals surface area (Å²) in [5.74, 6) is 0.785. The molecule has 0 saturated carbocycles. The van der Waals surface area contributed by atoms with Crippen LogP contribution in [-0.4, -0.2) is 4.92 Å². The molecule has 7 heteroatoms. The van der Waals surface area contributed by atoms with Gasteiger partial charge in [0.25, 0.3) is 5.69 Å². The van der Waals surface area contributed by atoms with Crippen molar-refractivity contribution >= 4 is 23.0 Å². The molecule has 0 radical (unpaired) electrons. The average molecular weight is 278 g/mol. The second-order valence-electron chi connectivity index (χ2n) is 3.65. The molecule has 2 aromatic rings. The highest BCUT2D eigenvalue weighted by atomic mass is 35.5. The van der Waals surface area contributed by atoms with E-state index in [9.17, 15) is 10.1 Å². The zero-order chi connectivity index (χ0) is 13.8. The predicted molar refractivity (Wildman–Crippen MR) is 68.9 cm³/mol. The Morgan fingerprint density at radius 2 is 2.21 bits per heavy atom. The first-order chi connectivity index (χ1) is 9.10. The van der Waals surface area contributed by atoms with Crippen molar-refractivity contribution in [2.24, 2.45) is 0 Å². The maximum Gasteiger partial charge on any atom is 0.289 e. The number of furan rings is 1. The fraction of sp³-hybridized carbons (Fsp3) is 0.0833. The smallest absolute Gasteiger partial charge is 0.289 e. The van der Waals surface area contributed by atoms with Crippen LogP contribution in [0.15, 0.2) is 34.7 Å². The van der Waals surface area contributed by atoms with Crippen LogP contribution < -0.4 is 5.32 Å². The van der Waals surface area contributed by atoms with Gasteiger partial charge in [-0.2, -0.15) is 5.26 Å². The van der Waals surface area contributed by atoms with Crippen molar-refractivity contribution in [2.45, 2.75) is 6.54 Å². The number of hydrogen-bond acceptors (Lipinski definition) is 5. The molecule has 1 heterocycles. The molecule has 19 heavy (non-hydrogen) atoms. The molecule has 0 saturated heterocycles. The fourth-order valence-electron chi connectivity index (χ4n) is 1.48. The standard InChI is InChI=1S/C12H8ClN3O3/c13-11-4-1-8(5-12(11)16(17)18)15-7-10-3-2-9(6-14)19-10/h1-5,15H,7H2. The van der Waals surface area contributed by atoms with Gasteiger partial charge in [0.05, 0.1) is 11.5 Å². The summed E-state index contributed by atoms with van der Waals surface area (Å²) in [6.45, 7) is 0.320. The van der Waals surface area contributed by atoms with E-state index >= 15 is 0 Å². The summed E-state index contributed by atoms with van der Waals surface area (Å²) in [7, 11) is 0. The molecule has 6 nitrogen and oxygen atoms in total. The van der Waals surface area contributed by atoms with Crippen molar-refractivity contribution in [2.75, 3.05) is 5.32 Å². The van der Waals surface area contributed by atoms with Crippen molar-refractivity contribution in [1.82, 2.24) is 0 Å². The number of benzene rings is 1. The molecule has 0 atom stereocenters. The van der Waals surface area contributed by atoms with Crippen molar-refractivity contribution in [3.8, 4) is 6.07 Å². The Kier molecular flexibility index (Phi) is 3.68. The van der Waals surface area contributed by atoms with E-state index < -0.39 is 4.92 Å². The molecule has 2 rings (SSSR count). The van der Waals surface area contributed by atoms with Crippen LogP contribution in [0, 0.1) is 21.4 Å². The molecular formula is C12H8ClN3O3. The number of nitro benzene ring substituents is 1. The minimum absolute atomic E-state index is 0.0836. The molecule has 0 aliphatic heterocycles. The molecule has 1 aromatic heterocycles. The molecule has 0 amide bonds. The number of halogens is 1. The van der Waals surface area contributed by atoms with Gasteiger partial charge >= 0.3 is 0 Å². The van der Waals surface area contributed by atoms with E-state index in [1.54, 1.807) is 18.2 Å². The van der Waals surface area contributed by atoms with E-state index in [1.807, 2.05) is 6.07 Å². The van der Waals surface area contributed by atoms with Gasteiger partial charge in [-0.05, 0) is 24.3 Å². The lowest BCUT2D eigenvalue weighted by Gasteiger charge is -2.04. The van der Waals surface area contributed by atoms with Crippen molar-refractivity contribution in [1.29, 1.82) is 5.26 Å². The van der Waals surface area contributed by atoms with Gasteiger partial charge in [-0.25, -0.2) is 0 Å². The van der Waals surface area contributed by atoms with Gasteiger partial charge in [-0.1, -0.05) is 11.6 Å². The van der Waals surface area contributed by atoms with E-state index in [2.05, 4.69) is 5.32 Å². The average Bonchev–Trinajstić information content (AvgIpc) is 2.85. The highest BCUT2D eigenvalue weighted by Crippen LogP contribution is 2.27. The first kappa shape index (κ1) is 12.9. The highest BCUT2D eigenvalue weighted by molar-refractivity contribution is 6.32. The second kappa shape index (κ2) is 5.42. The van der Waals surface area contributed by atoms with Crippen molar-refractivity contribution < 1.29 is 9.34 Å². The molecule has 0 aliphatic rings. The van der Waals surface area contributed by atoms with Gasteiger partial charge in [0.2, 0.25) is 5.76 Å². The van der Waals surface area contributed by atoms with Gasteiger partial charge in [0.1, 0.15) is 16.9 Å². The molecule has 0 spiro atoms. The van der Waals surface area contributed by atoms with Gasteiger partial charge in [0, 0.05) is 11.8 Å². The molecule has 0 bridgehead atoms. The normalized spacial score (nSPS) is 9.89. The quantitative estimate of drug-likeness (QED) is 0.683. The third kappa shape index (κ3) is 3.03. The lowest BCUT2D eigenvalue weighted by molar-refractivity contribution is -0.384. The maximum absolute atomic E-state index is 10.7. The number of nitrogens with zero attached hydrogens (tertiary/aromatic N) is 2. The summed E-state index contributed by atoms with van der Waals surface area (Å²) in [5, 5.41) is 22.4. The molecular weight excluding hydrogens is 270 g/mol. The summed E-state index contributed by atoms with van der Waals surface area (Å²) in [5.41, 5.74) is 0.384. The molecule has 96 valence electrons. The van der Waals surface area contributed by atoms with E-state index in [4.69, 9.17) is 21.3 Å². The minimum atomic E-state index is -0.547. The van der Waals surface area contributed by atoms with Gasteiger partial charge in [0.15, 0.2) is 0 Å². The molecule has 0 aliphatic carbocycles. The molecule has 0 unspecified atom stereocenters. The Bertz CT molecular complexity index is 660. The second-order valence-corrected chi connectivity index (χ2v) is 4.06. The number of nitrogens with one attached hydrogen (secondary N) is 1. The van der Waals surface area contributed by atoms with Gasteiger partial charge in [-0.3, -0.25) is 10.1 Å². The monoisotopic (exact) mass is 277 g/mol. The summed E-state index contributed by atoms with van der Waals surface area (Å²) in [6, 6.07) is 9.52. The topological polar surface area (TPSA) is 92.1 Å². The predicted octanol–water partition coefficient (Wildman–Crippen LogP) is 3.32. The van der Waals surface area contributed by atoms with Crippen LogP contribution in [0.2, 0.25) is 5.02 Å². The van der Waals surface area contributed by atoms with Gasteiger partial charge < -0.3 is 9.73 Å². The first-order valence-electron chi connectivity index (χ1n) is 5.27. The van der Waals surface area contributed by atoms with Crippen LogP contribution in [0.3, 0.4) is 0 Å². The summed E-state index contributed by atoms with van der Waals surface area (Å²) >= 11 is 5.71. The number of nitriles is 1. The maximum atomic E-state index is 10.7. The Balaban J connectivity index is 2.09. The van der Waals surface area contributed by atoms with Crippen LogP contribution in [0.5, 0.6) is 0 Å². The zero-order valence-corrected chi connectivity index (χ0v) is 10.3. The van der Waals surface area contributed by atoms with Crippen LogP contribution in [0.1, 0.15) is 11.5 Å². The van der Waals surface area contributed by atoms with Crippen LogP contribution in [0.4, 0.5) is 11.4 Å². The number of hydrogen-bond donors (Lipinski definition) is 1. The summed E-state index contributed by atoms with van der Waals surface area (Å²) in [4.78, 5) is 10.2.